The molecule has 0 saturated heterocycles. The molecule has 0 aliphatic rings. The predicted octanol–water partition coefficient (Wildman–Crippen LogP) is 5.79. The standard InChI is InChI=1S/C25H27NO4S/c1-5-18-8-11-20(12-9-18)30-14-22(27)26-24-23(25(28)29-6-2)21(15-31-24)19-10-7-16(3)17(4)13-19/h7-13,15H,5-6,14H2,1-4H3,(H,26,27). The summed E-state index contributed by atoms with van der Waals surface area (Å²) < 4.78 is 10.8. The highest BCUT2D eigenvalue weighted by Gasteiger charge is 2.23. The number of rotatable bonds is 8. The molecule has 0 spiro atoms. The molecule has 162 valence electrons. The molecule has 0 aliphatic heterocycles. The minimum Gasteiger partial charge on any atom is -0.484 e. The predicted molar refractivity (Wildman–Crippen MR) is 125 cm³/mol. The number of carbonyl (C=O) groups is 2. The SMILES string of the molecule is CCOC(=O)c1c(-c2ccc(C)c(C)c2)csc1NC(=O)COc1ccc(CC)cc1. The molecule has 0 fully saturated rings. The number of thiophene rings is 1. The number of benzene rings is 2. The fourth-order valence-corrected chi connectivity index (χ4v) is 4.08. The van der Waals surface area contributed by atoms with Crippen molar-refractivity contribution in [3.63, 3.8) is 0 Å². The molecule has 3 rings (SSSR count). The Balaban J connectivity index is 1.79. The van der Waals surface area contributed by atoms with Crippen LogP contribution in [0.3, 0.4) is 0 Å². The van der Waals surface area contributed by atoms with Gasteiger partial charge in [0.25, 0.3) is 5.91 Å². The number of nitrogens with one attached hydrogen (secondary N) is 1. The summed E-state index contributed by atoms with van der Waals surface area (Å²) >= 11 is 1.30. The first-order valence-electron chi connectivity index (χ1n) is 10.3. The number of hydrogen-bond donors (Lipinski definition) is 1. The van der Waals surface area contributed by atoms with Gasteiger partial charge in [-0.15, -0.1) is 11.3 Å². The molecule has 5 nitrogen and oxygen atoms in total. The highest BCUT2D eigenvalue weighted by Crippen LogP contribution is 2.37. The van der Waals surface area contributed by atoms with Gasteiger partial charge in [0, 0.05) is 10.9 Å². The summed E-state index contributed by atoms with van der Waals surface area (Å²) in [6, 6.07) is 13.7. The second kappa shape index (κ2) is 10.3. The van der Waals surface area contributed by atoms with Crippen molar-refractivity contribution in [1.82, 2.24) is 0 Å². The lowest BCUT2D eigenvalue weighted by Gasteiger charge is -2.10. The average molecular weight is 438 g/mol. The van der Waals surface area contributed by atoms with Crippen molar-refractivity contribution in [2.75, 3.05) is 18.5 Å². The molecular weight excluding hydrogens is 410 g/mol. The van der Waals surface area contributed by atoms with Crippen LogP contribution in [0, 0.1) is 13.8 Å². The molecule has 0 bridgehead atoms. The van der Waals surface area contributed by atoms with E-state index < -0.39 is 5.97 Å². The Kier molecular flexibility index (Phi) is 7.47. The van der Waals surface area contributed by atoms with Crippen LogP contribution in [-0.2, 0) is 16.0 Å². The molecular formula is C25H27NO4S. The van der Waals surface area contributed by atoms with Gasteiger partial charge in [-0.3, -0.25) is 4.79 Å². The van der Waals surface area contributed by atoms with E-state index in [1.165, 1.54) is 22.5 Å². The third kappa shape index (κ3) is 5.52. The molecule has 0 unspecified atom stereocenters. The Morgan fingerprint density at radius 3 is 2.39 bits per heavy atom. The van der Waals surface area contributed by atoms with E-state index in [9.17, 15) is 9.59 Å². The van der Waals surface area contributed by atoms with E-state index in [0.717, 1.165) is 23.1 Å². The largest absolute Gasteiger partial charge is 0.484 e. The molecule has 0 saturated carbocycles. The van der Waals surface area contributed by atoms with E-state index in [0.29, 0.717) is 16.3 Å². The lowest BCUT2D eigenvalue weighted by Crippen LogP contribution is -2.21. The average Bonchev–Trinajstić information content (AvgIpc) is 3.18. The first kappa shape index (κ1) is 22.6. The second-order valence-corrected chi connectivity index (χ2v) is 8.09. The molecule has 3 aromatic rings. The maximum Gasteiger partial charge on any atom is 0.341 e. The minimum atomic E-state index is -0.455. The van der Waals surface area contributed by atoms with Gasteiger partial charge in [-0.1, -0.05) is 37.3 Å². The van der Waals surface area contributed by atoms with E-state index in [1.54, 1.807) is 6.92 Å². The Hall–Kier alpha value is -3.12. The van der Waals surface area contributed by atoms with Gasteiger partial charge in [0.2, 0.25) is 0 Å². The van der Waals surface area contributed by atoms with Crippen molar-refractivity contribution in [2.24, 2.45) is 0 Å². The Morgan fingerprint density at radius 1 is 1.00 bits per heavy atom. The highest BCUT2D eigenvalue weighted by atomic mass is 32.1. The van der Waals surface area contributed by atoms with Crippen molar-refractivity contribution in [3.8, 4) is 16.9 Å². The van der Waals surface area contributed by atoms with Crippen LogP contribution in [0.15, 0.2) is 47.8 Å². The number of esters is 1. The summed E-state index contributed by atoms with van der Waals surface area (Å²) in [4.78, 5) is 25.2. The summed E-state index contributed by atoms with van der Waals surface area (Å²) in [5.74, 6) is -0.165. The van der Waals surface area contributed by atoms with Crippen molar-refractivity contribution in [3.05, 3.63) is 70.1 Å². The fraction of sp³-hybridized carbons (Fsp3) is 0.280. The smallest absolute Gasteiger partial charge is 0.341 e. The maximum absolute atomic E-state index is 12.7. The normalized spacial score (nSPS) is 10.6. The third-order valence-corrected chi connectivity index (χ3v) is 5.94. The van der Waals surface area contributed by atoms with Crippen LogP contribution in [0.5, 0.6) is 5.75 Å². The van der Waals surface area contributed by atoms with Gasteiger partial charge < -0.3 is 14.8 Å². The zero-order chi connectivity index (χ0) is 22.4. The van der Waals surface area contributed by atoms with Crippen LogP contribution in [0.1, 0.15) is 40.9 Å². The van der Waals surface area contributed by atoms with Crippen LogP contribution in [0.25, 0.3) is 11.1 Å². The van der Waals surface area contributed by atoms with Gasteiger partial charge in [-0.25, -0.2) is 4.79 Å². The second-order valence-electron chi connectivity index (χ2n) is 7.21. The van der Waals surface area contributed by atoms with Crippen molar-refractivity contribution in [2.45, 2.75) is 34.1 Å². The summed E-state index contributed by atoms with van der Waals surface area (Å²) in [7, 11) is 0. The quantitative estimate of drug-likeness (QED) is 0.453. The van der Waals surface area contributed by atoms with Gasteiger partial charge in [-0.05, 0) is 61.6 Å². The number of ether oxygens (including phenoxy) is 2. The summed E-state index contributed by atoms with van der Waals surface area (Å²) in [5.41, 5.74) is 5.54. The molecule has 1 amide bonds. The van der Waals surface area contributed by atoms with Crippen molar-refractivity contribution in [1.29, 1.82) is 0 Å². The lowest BCUT2D eigenvalue weighted by atomic mass is 9.99. The Labute approximate surface area is 187 Å². The van der Waals surface area contributed by atoms with E-state index in [-0.39, 0.29) is 19.1 Å². The van der Waals surface area contributed by atoms with E-state index in [2.05, 4.69) is 12.2 Å². The fourth-order valence-electron chi connectivity index (χ4n) is 3.11. The maximum atomic E-state index is 12.7. The molecule has 0 atom stereocenters. The number of hydrogen-bond acceptors (Lipinski definition) is 5. The first-order valence-corrected chi connectivity index (χ1v) is 11.2. The Morgan fingerprint density at radius 2 is 1.74 bits per heavy atom. The van der Waals surface area contributed by atoms with E-state index in [1.807, 2.05) is 61.7 Å². The molecule has 0 radical (unpaired) electrons. The minimum absolute atomic E-state index is 0.148. The van der Waals surface area contributed by atoms with Crippen molar-refractivity contribution >= 4 is 28.2 Å². The summed E-state index contributed by atoms with van der Waals surface area (Å²) in [5, 5.41) is 5.14. The van der Waals surface area contributed by atoms with E-state index in [4.69, 9.17) is 9.47 Å². The van der Waals surface area contributed by atoms with Gasteiger partial charge in [0.15, 0.2) is 6.61 Å². The Bertz CT molecular complexity index is 1070. The third-order valence-electron chi connectivity index (χ3n) is 5.04. The number of anilines is 1. The highest BCUT2D eigenvalue weighted by molar-refractivity contribution is 7.15. The van der Waals surface area contributed by atoms with Crippen LogP contribution >= 0.6 is 11.3 Å². The van der Waals surface area contributed by atoms with Gasteiger partial charge in [0.1, 0.15) is 16.3 Å². The molecule has 31 heavy (non-hydrogen) atoms. The zero-order valence-electron chi connectivity index (χ0n) is 18.3. The van der Waals surface area contributed by atoms with Gasteiger partial charge >= 0.3 is 5.97 Å². The monoisotopic (exact) mass is 437 g/mol. The summed E-state index contributed by atoms with van der Waals surface area (Å²) in [6.45, 7) is 8.02. The van der Waals surface area contributed by atoms with E-state index >= 15 is 0 Å². The topological polar surface area (TPSA) is 64.6 Å². The van der Waals surface area contributed by atoms with Gasteiger partial charge in [-0.2, -0.15) is 0 Å². The molecule has 6 heteroatoms. The van der Waals surface area contributed by atoms with Crippen LogP contribution < -0.4 is 10.1 Å². The van der Waals surface area contributed by atoms with Crippen LogP contribution in [-0.4, -0.2) is 25.1 Å². The zero-order valence-corrected chi connectivity index (χ0v) is 19.1. The molecule has 0 aliphatic carbocycles. The lowest BCUT2D eigenvalue weighted by molar-refractivity contribution is -0.118. The van der Waals surface area contributed by atoms with Crippen LogP contribution in [0.4, 0.5) is 5.00 Å². The number of amides is 1. The molecule has 1 N–H and O–H groups in total. The van der Waals surface area contributed by atoms with Crippen LogP contribution in [0.2, 0.25) is 0 Å². The van der Waals surface area contributed by atoms with Crippen molar-refractivity contribution < 1.29 is 19.1 Å². The summed E-state index contributed by atoms with van der Waals surface area (Å²) in [6.07, 6.45) is 0.943. The molecule has 1 aromatic heterocycles. The number of aryl methyl sites for hydroxylation is 3. The first-order chi connectivity index (χ1) is 14.9. The number of carbonyl (C=O) groups excluding carboxylic acids is 2. The molecule has 2 aromatic carbocycles. The molecule has 1 heterocycles. The van der Waals surface area contributed by atoms with Gasteiger partial charge in [0.05, 0.1) is 6.61 Å².